The minimum Gasteiger partial charge on any atom is -0.510 e. The molecule has 0 aromatic heterocycles. The Balaban J connectivity index is 1.68. The Morgan fingerprint density at radius 2 is 1.58 bits per heavy atom. The van der Waals surface area contributed by atoms with Gasteiger partial charge >= 0.3 is 0 Å². The molecule has 3 rings (SSSR count). The molecule has 26 heavy (non-hydrogen) atoms. The largest absolute Gasteiger partial charge is 0.510 e. The van der Waals surface area contributed by atoms with E-state index in [0.717, 1.165) is 24.0 Å². The van der Waals surface area contributed by atoms with Gasteiger partial charge in [-0.2, -0.15) is 5.26 Å². The van der Waals surface area contributed by atoms with Crippen LogP contribution in [0, 0.1) is 29.1 Å². The maximum absolute atomic E-state index is 12.2. The van der Waals surface area contributed by atoms with E-state index in [2.05, 4.69) is 17.2 Å². The number of nitriles is 1. The highest BCUT2D eigenvalue weighted by Crippen LogP contribution is 2.36. The number of carbonyl (C=O) groups is 1. The third-order valence-corrected chi connectivity index (χ3v) is 4.15. The fourth-order valence-electron chi connectivity index (χ4n) is 2.29. The van der Waals surface area contributed by atoms with Crippen molar-refractivity contribution in [3.8, 4) is 17.9 Å². The lowest BCUT2D eigenvalue weighted by molar-refractivity contribution is -0.112. The minimum absolute atomic E-state index is 0.0547. The zero-order chi connectivity index (χ0) is 18.5. The molecule has 0 saturated heterocycles. The molecule has 1 saturated carbocycles. The molecule has 2 aromatic carbocycles. The van der Waals surface area contributed by atoms with Crippen LogP contribution in [0.2, 0.25) is 5.02 Å². The van der Waals surface area contributed by atoms with Crippen LogP contribution >= 0.6 is 11.6 Å². The van der Waals surface area contributed by atoms with Gasteiger partial charge in [0.15, 0.2) is 5.57 Å². The number of nitrogens with zero attached hydrogens (tertiary/aromatic N) is 1. The highest BCUT2D eigenvalue weighted by molar-refractivity contribution is 6.30. The summed E-state index contributed by atoms with van der Waals surface area (Å²) in [6.07, 6.45) is 1.62. The molecule has 0 aliphatic heterocycles. The summed E-state index contributed by atoms with van der Waals surface area (Å²) in [5.74, 6) is 5.29. The van der Waals surface area contributed by atoms with Crippen molar-refractivity contribution in [3.05, 3.63) is 76.0 Å². The Morgan fingerprint density at radius 3 is 2.08 bits per heavy atom. The number of allylic oxidation sites excluding steroid dienone is 1. The molecular formula is C21H15ClN2O2. The van der Waals surface area contributed by atoms with Crippen LogP contribution in [0.15, 0.2) is 59.9 Å². The molecule has 0 bridgehead atoms. The number of nitrogens with one attached hydrogen (secondary N) is 1. The Labute approximate surface area is 156 Å². The number of hydrogen-bond donors (Lipinski definition) is 2. The lowest BCUT2D eigenvalue weighted by atomic mass is 10.1. The van der Waals surface area contributed by atoms with Gasteiger partial charge in [0.2, 0.25) is 0 Å². The van der Waals surface area contributed by atoms with E-state index in [4.69, 9.17) is 16.9 Å². The van der Waals surface area contributed by atoms with E-state index in [1.54, 1.807) is 42.5 Å². The SMILES string of the molecule is N#C/C(C(=O)Nc1ccc(C#Cc2ccc(Cl)cc2)cc1)=C(/O)C1CC1. The van der Waals surface area contributed by atoms with Gasteiger partial charge in [-0.1, -0.05) is 23.4 Å². The second-order valence-electron chi connectivity index (χ2n) is 5.93. The van der Waals surface area contributed by atoms with Gasteiger partial charge in [0.05, 0.1) is 0 Å². The van der Waals surface area contributed by atoms with E-state index in [-0.39, 0.29) is 17.3 Å². The van der Waals surface area contributed by atoms with E-state index < -0.39 is 5.91 Å². The molecule has 0 spiro atoms. The van der Waals surface area contributed by atoms with E-state index in [9.17, 15) is 9.90 Å². The summed E-state index contributed by atoms with van der Waals surface area (Å²) in [6, 6.07) is 16.0. The van der Waals surface area contributed by atoms with E-state index in [1.807, 2.05) is 12.1 Å². The van der Waals surface area contributed by atoms with Crippen LogP contribution in [0.25, 0.3) is 0 Å². The first-order valence-electron chi connectivity index (χ1n) is 8.09. The van der Waals surface area contributed by atoms with Gasteiger partial charge in [-0.3, -0.25) is 4.79 Å². The number of carbonyl (C=O) groups excluding carboxylic acids is 1. The zero-order valence-corrected chi connectivity index (χ0v) is 14.5. The third-order valence-electron chi connectivity index (χ3n) is 3.90. The molecule has 0 heterocycles. The monoisotopic (exact) mass is 362 g/mol. The molecule has 0 atom stereocenters. The number of halogens is 1. The standard InChI is InChI=1S/C21H15ClN2O2/c22-17-9-3-14(4-10-17)1-2-15-5-11-18(12-6-15)24-21(26)19(13-23)20(25)16-7-8-16/h3-6,9-12,16,25H,7-8H2,(H,24,26)/b20-19-. The van der Waals surface area contributed by atoms with Crippen LogP contribution in [-0.2, 0) is 4.79 Å². The van der Waals surface area contributed by atoms with Crippen LogP contribution < -0.4 is 5.32 Å². The number of benzene rings is 2. The lowest BCUT2D eigenvalue weighted by Crippen LogP contribution is -2.15. The quantitative estimate of drug-likeness (QED) is 0.367. The van der Waals surface area contributed by atoms with Crippen LogP contribution in [0.4, 0.5) is 5.69 Å². The van der Waals surface area contributed by atoms with Crippen molar-refractivity contribution >= 4 is 23.2 Å². The van der Waals surface area contributed by atoms with Gasteiger partial charge in [0, 0.05) is 27.8 Å². The molecule has 1 fully saturated rings. The maximum atomic E-state index is 12.2. The topological polar surface area (TPSA) is 73.1 Å². The number of aliphatic hydroxyl groups is 1. The predicted molar refractivity (Wildman–Crippen MR) is 100 cm³/mol. The highest BCUT2D eigenvalue weighted by Gasteiger charge is 2.30. The lowest BCUT2D eigenvalue weighted by Gasteiger charge is -2.06. The minimum atomic E-state index is -0.600. The normalized spacial score (nSPS) is 13.7. The molecule has 0 radical (unpaired) electrons. The summed E-state index contributed by atoms with van der Waals surface area (Å²) >= 11 is 5.84. The van der Waals surface area contributed by atoms with Gasteiger partial charge < -0.3 is 10.4 Å². The fourth-order valence-corrected chi connectivity index (χ4v) is 2.42. The van der Waals surface area contributed by atoms with Gasteiger partial charge in [-0.05, 0) is 61.4 Å². The fraction of sp³-hybridized carbons (Fsp3) is 0.143. The van der Waals surface area contributed by atoms with Gasteiger partial charge in [0.25, 0.3) is 5.91 Å². The summed E-state index contributed by atoms with van der Waals surface area (Å²) in [7, 11) is 0. The van der Waals surface area contributed by atoms with Crippen LogP contribution in [-0.4, -0.2) is 11.0 Å². The van der Waals surface area contributed by atoms with Crippen molar-refractivity contribution in [2.45, 2.75) is 12.8 Å². The zero-order valence-electron chi connectivity index (χ0n) is 13.8. The molecule has 2 N–H and O–H groups in total. The van der Waals surface area contributed by atoms with E-state index >= 15 is 0 Å². The first kappa shape index (κ1) is 17.6. The summed E-state index contributed by atoms with van der Waals surface area (Å²) in [4.78, 5) is 12.2. The molecule has 4 nitrogen and oxygen atoms in total. The predicted octanol–water partition coefficient (Wildman–Crippen LogP) is 4.42. The summed E-state index contributed by atoms with van der Waals surface area (Å²) in [6.45, 7) is 0. The Bertz CT molecular complexity index is 954. The number of aliphatic hydroxyl groups excluding tert-OH is 1. The summed E-state index contributed by atoms with van der Waals surface area (Å²) in [5.41, 5.74) is 1.95. The molecular weight excluding hydrogens is 348 g/mol. The second kappa shape index (κ2) is 7.78. The Morgan fingerprint density at radius 1 is 1.04 bits per heavy atom. The van der Waals surface area contributed by atoms with Gasteiger partial charge in [-0.15, -0.1) is 0 Å². The number of amides is 1. The van der Waals surface area contributed by atoms with Crippen molar-refractivity contribution in [1.29, 1.82) is 5.26 Å². The van der Waals surface area contributed by atoms with E-state index in [0.29, 0.717) is 10.7 Å². The molecule has 5 heteroatoms. The summed E-state index contributed by atoms with van der Waals surface area (Å²) < 4.78 is 0. The van der Waals surface area contributed by atoms with Crippen molar-refractivity contribution < 1.29 is 9.90 Å². The van der Waals surface area contributed by atoms with Crippen LogP contribution in [0.1, 0.15) is 24.0 Å². The van der Waals surface area contributed by atoms with Gasteiger partial charge in [-0.25, -0.2) is 0 Å². The first-order chi connectivity index (χ1) is 12.6. The van der Waals surface area contributed by atoms with Crippen LogP contribution in [0.3, 0.4) is 0 Å². The molecule has 128 valence electrons. The summed E-state index contributed by atoms with van der Waals surface area (Å²) in [5, 5.41) is 22.3. The average Bonchev–Trinajstić information content (AvgIpc) is 3.48. The van der Waals surface area contributed by atoms with Crippen molar-refractivity contribution in [2.75, 3.05) is 5.32 Å². The highest BCUT2D eigenvalue weighted by atomic mass is 35.5. The Hall–Kier alpha value is -3.21. The third kappa shape index (κ3) is 4.45. The second-order valence-corrected chi connectivity index (χ2v) is 6.37. The number of rotatable bonds is 3. The van der Waals surface area contributed by atoms with Gasteiger partial charge in [0.1, 0.15) is 11.8 Å². The van der Waals surface area contributed by atoms with Crippen molar-refractivity contribution in [2.24, 2.45) is 5.92 Å². The molecule has 0 unspecified atom stereocenters. The average molecular weight is 363 g/mol. The van der Waals surface area contributed by atoms with Crippen molar-refractivity contribution in [1.82, 2.24) is 0 Å². The first-order valence-corrected chi connectivity index (χ1v) is 8.47. The molecule has 1 aliphatic carbocycles. The molecule has 1 amide bonds. The van der Waals surface area contributed by atoms with E-state index in [1.165, 1.54) is 0 Å². The number of hydrogen-bond acceptors (Lipinski definition) is 3. The molecule has 1 aliphatic rings. The van der Waals surface area contributed by atoms with Crippen molar-refractivity contribution in [3.63, 3.8) is 0 Å². The molecule has 2 aromatic rings. The van der Waals surface area contributed by atoms with Crippen LogP contribution in [0.5, 0.6) is 0 Å². The maximum Gasteiger partial charge on any atom is 0.269 e. The Kier molecular flexibility index (Phi) is 5.27. The smallest absolute Gasteiger partial charge is 0.269 e. The number of anilines is 1.